The second kappa shape index (κ2) is 12.5. The first kappa shape index (κ1) is 34.3. The maximum atomic E-state index is 6.75. The predicted octanol–water partition coefficient (Wildman–Crippen LogP) is 15.5. The number of para-hydroxylation sites is 2. The number of hydrogen-bond donors (Lipinski definition) is 0. The second-order valence-corrected chi connectivity index (χ2v) is 17.2. The molecule has 9 aromatic carbocycles. The minimum absolute atomic E-state index is 0.139. The minimum Gasteiger partial charge on any atom is -0.457 e. The molecule has 2 aliphatic carbocycles. The van der Waals surface area contributed by atoms with Crippen molar-refractivity contribution in [3.8, 4) is 44.9 Å². The Morgan fingerprint density at radius 2 is 0.967 bits per heavy atom. The number of rotatable bonds is 4. The molecule has 1 aromatic heterocycles. The van der Waals surface area contributed by atoms with Crippen LogP contribution in [0.15, 0.2) is 205 Å². The molecule has 10 aromatic rings. The van der Waals surface area contributed by atoms with Crippen LogP contribution in [0.5, 0.6) is 11.5 Å². The SMILES string of the molecule is CC1(C)c2ccccc2-c2ccc(N(c3ccc(-c4ccc5c(c4)C4(c6ccccc6O5)c5ccccc5-c5ccccc54)cc3)c3cccc4oc5ccccc5c34)cc21. The van der Waals surface area contributed by atoms with Crippen LogP contribution in [0.25, 0.3) is 55.3 Å². The zero-order valence-corrected chi connectivity index (χ0v) is 33.8. The largest absolute Gasteiger partial charge is 0.457 e. The van der Waals surface area contributed by atoms with Crippen LogP contribution in [0, 0.1) is 0 Å². The summed E-state index contributed by atoms with van der Waals surface area (Å²) in [6.45, 7) is 4.69. The lowest BCUT2D eigenvalue weighted by molar-refractivity contribution is 0.436. The highest BCUT2D eigenvalue weighted by molar-refractivity contribution is 6.13. The van der Waals surface area contributed by atoms with Gasteiger partial charge < -0.3 is 14.1 Å². The maximum absolute atomic E-state index is 6.75. The standard InChI is InChI=1S/C58H39NO2/c1-57(2)45-18-7-3-14-40(45)43-32-31-39(35-49(43)57)59(51-22-13-25-55-56(51)44-17-6-11-23-52(44)60-55)38-29-26-36(27-30-38)37-28-33-54-50(34-37)58(48-21-10-12-24-53(48)61-54)46-19-8-4-15-41(46)42-16-5-9-20-47(42)58/h3-35H,1-2H3. The summed E-state index contributed by atoms with van der Waals surface area (Å²) in [5.74, 6) is 1.79. The van der Waals surface area contributed by atoms with Gasteiger partial charge in [0.2, 0.25) is 0 Å². The monoisotopic (exact) mass is 781 g/mol. The molecule has 1 aliphatic heterocycles. The Kier molecular flexibility index (Phi) is 6.99. The highest BCUT2D eigenvalue weighted by Crippen LogP contribution is 2.62. The van der Waals surface area contributed by atoms with E-state index in [4.69, 9.17) is 9.15 Å². The van der Waals surface area contributed by atoms with Crippen LogP contribution >= 0.6 is 0 Å². The van der Waals surface area contributed by atoms with Gasteiger partial charge in [0.1, 0.15) is 22.7 Å². The number of fused-ring (bicyclic) bond motifs is 15. The topological polar surface area (TPSA) is 25.6 Å². The Morgan fingerprint density at radius 1 is 0.393 bits per heavy atom. The smallest absolute Gasteiger partial charge is 0.137 e. The van der Waals surface area contributed by atoms with Gasteiger partial charge in [0.25, 0.3) is 0 Å². The van der Waals surface area contributed by atoms with Crippen LogP contribution in [0.2, 0.25) is 0 Å². The molecule has 0 atom stereocenters. The molecule has 0 saturated heterocycles. The third-order valence-corrected chi connectivity index (χ3v) is 13.8. The summed E-state index contributed by atoms with van der Waals surface area (Å²) >= 11 is 0. The van der Waals surface area contributed by atoms with E-state index in [0.29, 0.717) is 0 Å². The van der Waals surface area contributed by atoms with Gasteiger partial charge in [-0.2, -0.15) is 0 Å². The predicted molar refractivity (Wildman–Crippen MR) is 249 cm³/mol. The first-order chi connectivity index (χ1) is 30.0. The number of furan rings is 1. The summed E-state index contributed by atoms with van der Waals surface area (Å²) in [5.41, 5.74) is 19.4. The summed E-state index contributed by atoms with van der Waals surface area (Å²) in [7, 11) is 0. The number of anilines is 3. The van der Waals surface area contributed by atoms with Crippen molar-refractivity contribution >= 4 is 39.0 Å². The molecule has 3 aliphatic rings. The van der Waals surface area contributed by atoms with Crippen molar-refractivity contribution in [3.05, 3.63) is 234 Å². The molecule has 0 bridgehead atoms. The molecule has 0 unspecified atom stereocenters. The number of ether oxygens (including phenoxy) is 1. The van der Waals surface area contributed by atoms with Crippen LogP contribution in [0.1, 0.15) is 47.2 Å². The number of nitrogens with zero attached hydrogens (tertiary/aromatic N) is 1. The molecule has 2 heterocycles. The molecule has 0 amide bonds. The molecule has 0 fully saturated rings. The number of benzene rings is 9. The Balaban J connectivity index is 0.982. The molecule has 3 heteroatoms. The third-order valence-electron chi connectivity index (χ3n) is 13.8. The van der Waals surface area contributed by atoms with Crippen molar-refractivity contribution in [1.82, 2.24) is 0 Å². The first-order valence-electron chi connectivity index (χ1n) is 21.2. The average Bonchev–Trinajstić information content (AvgIpc) is 3.91. The van der Waals surface area contributed by atoms with Gasteiger partial charge in [-0.3, -0.25) is 0 Å². The maximum Gasteiger partial charge on any atom is 0.137 e. The molecule has 0 radical (unpaired) electrons. The van der Waals surface area contributed by atoms with E-state index in [-0.39, 0.29) is 5.41 Å². The zero-order valence-electron chi connectivity index (χ0n) is 33.8. The third kappa shape index (κ3) is 4.63. The fourth-order valence-electron chi connectivity index (χ4n) is 11.0. The number of hydrogen-bond acceptors (Lipinski definition) is 3. The summed E-state index contributed by atoms with van der Waals surface area (Å²) in [6.07, 6.45) is 0. The average molecular weight is 782 g/mol. The highest BCUT2D eigenvalue weighted by Gasteiger charge is 2.51. The van der Waals surface area contributed by atoms with E-state index in [9.17, 15) is 0 Å². The van der Waals surface area contributed by atoms with Gasteiger partial charge in [0, 0.05) is 33.3 Å². The minimum atomic E-state index is -0.517. The lowest BCUT2D eigenvalue weighted by atomic mass is 9.66. The van der Waals surface area contributed by atoms with E-state index < -0.39 is 5.41 Å². The van der Waals surface area contributed by atoms with Gasteiger partial charge in [-0.05, 0) is 116 Å². The fourth-order valence-corrected chi connectivity index (χ4v) is 11.0. The van der Waals surface area contributed by atoms with Crippen molar-refractivity contribution in [2.75, 3.05) is 4.90 Å². The van der Waals surface area contributed by atoms with Gasteiger partial charge in [-0.25, -0.2) is 0 Å². The van der Waals surface area contributed by atoms with Crippen molar-refractivity contribution in [1.29, 1.82) is 0 Å². The molecule has 288 valence electrons. The molecule has 13 rings (SSSR count). The van der Waals surface area contributed by atoms with E-state index >= 15 is 0 Å². The summed E-state index contributed by atoms with van der Waals surface area (Å²) in [5, 5.41) is 2.20. The highest BCUT2D eigenvalue weighted by atomic mass is 16.5. The van der Waals surface area contributed by atoms with Gasteiger partial charge in [0.05, 0.1) is 16.5 Å². The molecule has 61 heavy (non-hydrogen) atoms. The Hall–Kier alpha value is -7.62. The van der Waals surface area contributed by atoms with Crippen LogP contribution in [0.3, 0.4) is 0 Å². The van der Waals surface area contributed by atoms with E-state index in [1.807, 2.05) is 6.07 Å². The summed E-state index contributed by atoms with van der Waals surface area (Å²) < 4.78 is 13.2. The van der Waals surface area contributed by atoms with Crippen molar-refractivity contribution in [2.24, 2.45) is 0 Å². The van der Waals surface area contributed by atoms with Gasteiger partial charge in [0.15, 0.2) is 0 Å². The van der Waals surface area contributed by atoms with E-state index in [0.717, 1.165) is 67.2 Å². The summed E-state index contributed by atoms with van der Waals surface area (Å²) in [6, 6.07) is 72.8. The van der Waals surface area contributed by atoms with Gasteiger partial charge >= 0.3 is 0 Å². The fraction of sp³-hybridized carbons (Fsp3) is 0.0690. The van der Waals surface area contributed by atoms with Gasteiger partial charge in [-0.15, -0.1) is 0 Å². The molecule has 0 N–H and O–H groups in total. The second-order valence-electron chi connectivity index (χ2n) is 17.2. The van der Waals surface area contributed by atoms with E-state index in [1.54, 1.807) is 0 Å². The normalized spacial score (nSPS) is 14.5. The van der Waals surface area contributed by atoms with E-state index in [2.05, 4.69) is 213 Å². The molecule has 0 saturated carbocycles. The quantitative estimate of drug-likeness (QED) is 0.178. The van der Waals surface area contributed by atoms with Crippen LogP contribution < -0.4 is 9.64 Å². The summed E-state index contributed by atoms with van der Waals surface area (Å²) in [4.78, 5) is 2.41. The van der Waals surface area contributed by atoms with Crippen LogP contribution in [-0.2, 0) is 10.8 Å². The first-order valence-corrected chi connectivity index (χ1v) is 21.2. The molecule has 1 spiro atoms. The van der Waals surface area contributed by atoms with E-state index in [1.165, 1.54) is 50.1 Å². The Morgan fingerprint density at radius 3 is 1.74 bits per heavy atom. The van der Waals surface area contributed by atoms with Crippen LogP contribution in [-0.4, -0.2) is 0 Å². The van der Waals surface area contributed by atoms with Crippen molar-refractivity contribution < 1.29 is 9.15 Å². The van der Waals surface area contributed by atoms with Crippen molar-refractivity contribution in [2.45, 2.75) is 24.7 Å². The molecular weight excluding hydrogens is 743 g/mol. The van der Waals surface area contributed by atoms with Crippen molar-refractivity contribution in [3.63, 3.8) is 0 Å². The Labute approximate surface area is 354 Å². The lowest BCUT2D eigenvalue weighted by Crippen LogP contribution is -2.32. The zero-order chi connectivity index (χ0) is 40.5. The molecular formula is C58H39NO2. The Bertz CT molecular complexity index is 3400. The van der Waals surface area contributed by atoms with Crippen LogP contribution in [0.4, 0.5) is 17.1 Å². The van der Waals surface area contributed by atoms with Gasteiger partial charge in [-0.1, -0.05) is 153 Å². The molecule has 3 nitrogen and oxygen atoms in total. The lowest BCUT2D eigenvalue weighted by Gasteiger charge is -2.39.